The van der Waals surface area contributed by atoms with Crippen molar-refractivity contribution in [2.75, 3.05) is 31.1 Å². The molecular formula is C63H86ClFN14O12S. The molecule has 500 valence electrons. The maximum atomic E-state index is 14.9. The average molecular weight is 1320 g/mol. The van der Waals surface area contributed by atoms with Crippen molar-refractivity contribution in [3.05, 3.63) is 118 Å². The van der Waals surface area contributed by atoms with Gasteiger partial charge in [-0.05, 0) is 155 Å². The molecule has 92 heavy (non-hydrogen) atoms. The summed E-state index contributed by atoms with van der Waals surface area (Å²) < 4.78 is 13.6. The molecule has 1 fully saturated rings. The molecule has 4 aromatic rings. The van der Waals surface area contributed by atoms with Crippen molar-refractivity contribution in [2.24, 2.45) is 33.8 Å². The molecule has 10 amide bonds. The van der Waals surface area contributed by atoms with Crippen LogP contribution in [0.5, 0.6) is 5.75 Å². The highest BCUT2D eigenvalue weighted by Gasteiger charge is 2.41. The van der Waals surface area contributed by atoms with E-state index in [9.17, 15) is 62.5 Å². The third-order valence-electron chi connectivity index (χ3n) is 15.2. The van der Waals surface area contributed by atoms with Crippen molar-refractivity contribution >= 4 is 93.0 Å². The molecule has 9 atom stereocenters. The molecule has 26 nitrogen and oxygen atoms in total. The molecule has 1 saturated heterocycles. The molecule has 0 unspecified atom stereocenters. The molecule has 0 bridgehead atoms. The Morgan fingerprint density at radius 1 is 0.685 bits per heavy atom. The van der Waals surface area contributed by atoms with E-state index in [0.29, 0.717) is 46.0 Å². The van der Waals surface area contributed by atoms with E-state index in [1.54, 1.807) is 67.8 Å². The number of nitrogens with one attached hydrogen (secondary N) is 7. The summed E-state index contributed by atoms with van der Waals surface area (Å²) in [6.07, 6.45) is 1.48. The van der Waals surface area contributed by atoms with Crippen LogP contribution in [0.15, 0.2) is 95.3 Å². The Kier molecular flexibility index (Phi) is 29.7. The fraction of sp³-hybridized carbons (Fsp3) is 0.476. The summed E-state index contributed by atoms with van der Waals surface area (Å²) in [6, 6.07) is 9.21. The first-order chi connectivity index (χ1) is 43.8. The van der Waals surface area contributed by atoms with E-state index in [1.807, 2.05) is 0 Å². The van der Waals surface area contributed by atoms with Crippen LogP contribution in [0.1, 0.15) is 102 Å². The zero-order chi connectivity index (χ0) is 67.6. The largest absolute Gasteiger partial charge is 0.508 e. The zero-order valence-corrected chi connectivity index (χ0v) is 53.6. The molecule has 1 aromatic heterocycles. The van der Waals surface area contributed by atoms with Gasteiger partial charge in [0.1, 0.15) is 65.9 Å². The Balaban J connectivity index is 1.38. The van der Waals surface area contributed by atoms with Gasteiger partial charge in [-0.2, -0.15) is 0 Å². The van der Waals surface area contributed by atoms with Gasteiger partial charge < -0.3 is 75.3 Å². The lowest BCUT2D eigenvalue weighted by Crippen LogP contribution is -2.61. The first-order valence-corrected chi connectivity index (χ1v) is 31.8. The summed E-state index contributed by atoms with van der Waals surface area (Å²) in [6.45, 7) is 5.83. The number of phenols is 1. The number of carbonyl (C=O) groups excluding carboxylic acids is 10. The van der Waals surface area contributed by atoms with E-state index in [4.69, 9.17) is 34.5 Å². The van der Waals surface area contributed by atoms with Gasteiger partial charge in [-0.15, -0.1) is 11.3 Å². The minimum absolute atomic E-state index is 0.00123. The summed E-state index contributed by atoms with van der Waals surface area (Å²) in [5.74, 6) is -8.69. The number of aliphatic imine (C=N–C) groups is 1. The van der Waals surface area contributed by atoms with Crippen molar-refractivity contribution < 1.29 is 62.5 Å². The van der Waals surface area contributed by atoms with Crippen molar-refractivity contribution in [3.8, 4) is 5.75 Å². The summed E-state index contributed by atoms with van der Waals surface area (Å²) in [7, 11) is 0. The Bertz CT molecular complexity index is 3160. The second-order valence-corrected chi connectivity index (χ2v) is 24.3. The van der Waals surface area contributed by atoms with E-state index >= 15 is 0 Å². The van der Waals surface area contributed by atoms with Gasteiger partial charge in [0.15, 0.2) is 5.96 Å². The van der Waals surface area contributed by atoms with E-state index in [1.165, 1.54) is 55.1 Å². The lowest BCUT2D eigenvalue weighted by atomic mass is 10.00. The normalized spacial score (nSPS) is 15.4. The van der Waals surface area contributed by atoms with Crippen LogP contribution in [0.25, 0.3) is 0 Å². The number of aromatic hydroxyl groups is 1. The lowest BCUT2D eigenvalue weighted by molar-refractivity contribution is -0.142. The molecule has 17 N–H and O–H groups in total. The number of amides is 10. The van der Waals surface area contributed by atoms with E-state index < -0.39 is 126 Å². The third-order valence-corrected chi connectivity index (χ3v) is 16.3. The number of phenolic OH excluding ortho intramolecular Hbond substituents is 1. The van der Waals surface area contributed by atoms with Crippen LogP contribution >= 0.6 is 22.9 Å². The molecule has 0 aliphatic carbocycles. The number of aryl methyl sites for hydroxylation is 1. The molecule has 0 radical (unpaired) electrons. The topological polar surface area (TPSA) is 418 Å². The fourth-order valence-corrected chi connectivity index (χ4v) is 11.1. The number of benzene rings is 3. The number of unbranched alkanes of at least 4 members (excludes halogenated alkanes) is 1. The first-order valence-electron chi connectivity index (χ1n) is 30.5. The SMILES string of the molecule is CC(C)C[C@H](NC(=O)[C@@H](CCCCN)NC(=O)[C@H](Cc1ccc(O)cc1)NC(=O)[C@H](CO)NC(=O)[C@@H](C)N(C(=O)[C@@H](Cc1ccc(Cl)cc1)NC(=O)CCc1ccc(F)cc1)c1cccs1)C(=O)N[C@@H](CCCN=C(N)N)C(=O)N1CCC[C@H]1C(=O)N[C@H](C)C(N)=O. The zero-order valence-electron chi connectivity index (χ0n) is 52.0. The highest BCUT2D eigenvalue weighted by Crippen LogP contribution is 2.27. The predicted molar refractivity (Wildman–Crippen MR) is 345 cm³/mol. The second-order valence-electron chi connectivity index (χ2n) is 23.0. The number of primary amides is 1. The van der Waals surface area contributed by atoms with E-state index in [2.05, 4.69) is 42.2 Å². The van der Waals surface area contributed by atoms with Crippen LogP contribution in [0.2, 0.25) is 5.02 Å². The maximum absolute atomic E-state index is 14.9. The molecule has 1 aliphatic rings. The van der Waals surface area contributed by atoms with Crippen LogP contribution in [0, 0.1) is 11.7 Å². The number of guanidine groups is 1. The molecule has 2 heterocycles. The molecule has 5 rings (SSSR count). The van der Waals surface area contributed by atoms with Gasteiger partial charge in [-0.1, -0.05) is 61.8 Å². The Hall–Kier alpha value is -8.73. The van der Waals surface area contributed by atoms with Gasteiger partial charge >= 0.3 is 0 Å². The van der Waals surface area contributed by atoms with Crippen molar-refractivity contribution in [2.45, 2.75) is 159 Å². The number of anilines is 1. The van der Waals surface area contributed by atoms with Gasteiger partial charge in [-0.25, -0.2) is 4.39 Å². The minimum Gasteiger partial charge on any atom is -0.508 e. The molecule has 3 aromatic carbocycles. The number of hydrogen-bond donors (Lipinski definition) is 13. The Morgan fingerprint density at radius 2 is 1.25 bits per heavy atom. The summed E-state index contributed by atoms with van der Waals surface area (Å²) in [5, 5.41) is 41.9. The highest BCUT2D eigenvalue weighted by molar-refractivity contribution is 7.14. The summed E-state index contributed by atoms with van der Waals surface area (Å²) in [4.78, 5) is 147. The highest BCUT2D eigenvalue weighted by atomic mass is 35.5. The van der Waals surface area contributed by atoms with Gasteiger partial charge in [0, 0.05) is 37.4 Å². The van der Waals surface area contributed by atoms with E-state index in [0.717, 1.165) is 16.2 Å². The minimum atomic E-state index is -1.75. The van der Waals surface area contributed by atoms with Gasteiger partial charge in [-0.3, -0.25) is 57.8 Å². The molecule has 1 aliphatic heterocycles. The molecular weight excluding hydrogens is 1230 g/mol. The smallest absolute Gasteiger partial charge is 0.251 e. The van der Waals surface area contributed by atoms with Gasteiger partial charge in [0.25, 0.3) is 5.91 Å². The third kappa shape index (κ3) is 23.5. The van der Waals surface area contributed by atoms with Crippen LogP contribution in [0.4, 0.5) is 9.39 Å². The molecule has 29 heteroatoms. The molecule has 0 saturated carbocycles. The number of aliphatic hydroxyl groups is 1. The second kappa shape index (κ2) is 36.9. The van der Waals surface area contributed by atoms with Crippen molar-refractivity contribution in [1.82, 2.24) is 42.1 Å². The number of aliphatic hydroxyl groups excluding tert-OH is 1. The van der Waals surface area contributed by atoms with E-state index in [-0.39, 0.29) is 95.0 Å². The average Bonchev–Trinajstić information content (AvgIpc) is 1.51. The van der Waals surface area contributed by atoms with Crippen LogP contribution in [0.3, 0.4) is 0 Å². The van der Waals surface area contributed by atoms with Crippen LogP contribution < -0.4 is 65.1 Å². The lowest BCUT2D eigenvalue weighted by Gasteiger charge is -2.32. The Labute approximate surface area is 542 Å². The Morgan fingerprint density at radius 3 is 1.86 bits per heavy atom. The van der Waals surface area contributed by atoms with Gasteiger partial charge in [0.05, 0.1) is 11.6 Å². The number of likely N-dealkylation sites (tertiary alicyclic amines) is 1. The number of carbonyl (C=O) groups is 10. The summed E-state index contributed by atoms with van der Waals surface area (Å²) in [5.41, 5.74) is 24.0. The number of nitrogens with zero attached hydrogens (tertiary/aromatic N) is 3. The number of thiophene rings is 1. The monoisotopic (exact) mass is 1320 g/mol. The quantitative estimate of drug-likeness (QED) is 0.0173. The fourth-order valence-electron chi connectivity index (χ4n) is 10.2. The number of rotatable bonds is 36. The maximum Gasteiger partial charge on any atom is 0.251 e. The van der Waals surface area contributed by atoms with Crippen LogP contribution in [-0.4, -0.2) is 161 Å². The predicted octanol–water partition coefficient (Wildman–Crippen LogP) is 1.20. The van der Waals surface area contributed by atoms with Crippen molar-refractivity contribution in [3.63, 3.8) is 0 Å². The van der Waals surface area contributed by atoms with Crippen LogP contribution in [-0.2, 0) is 67.2 Å². The molecule has 0 spiro atoms. The first kappa shape index (κ1) is 74.0. The summed E-state index contributed by atoms with van der Waals surface area (Å²) >= 11 is 7.29. The number of nitrogens with two attached hydrogens (primary N) is 4. The van der Waals surface area contributed by atoms with Crippen molar-refractivity contribution in [1.29, 1.82) is 0 Å². The number of halogens is 2. The standard InChI is InChI=1S/C63H86ClFN14O12S/c1-36(2)32-47(57(86)74-46(11-7-29-70-63(68)69)61(90)78-30-8-12-51(78)60(89)71-37(3)54(67)83)75-56(85)45(10-5-6-28-66)73-58(87)48(33-41-18-25-44(81)26-19-41)76-59(88)50(35-80)77-55(84)38(4)79(53-13-9-31-92-53)62(91)49(34-40-14-21-42(64)22-15-40)72-52(82)27-20-39-16-23-43(65)24-17-39/h9,13-19,21-26,31,36-38,45-51,80-81H,5-8,10-12,20,27-30,32-35,66H2,1-4H3,(H2,67,83)(H,71,89)(H,72,82)(H,73,87)(H,74,86)(H,75,85)(H,76,88)(H,77,84)(H4,68,69,70)/t37-,38-,45-,46+,47+,48+,49-,50+,51+/m1/s1. The number of hydrogen-bond acceptors (Lipinski definition) is 15. The van der Waals surface area contributed by atoms with Gasteiger partial charge in [0.2, 0.25) is 53.2 Å².